The minimum atomic E-state index is -0.770. The number of ether oxygens (including phenoxy) is 1. The molecule has 0 rings (SSSR count). The zero-order valence-corrected chi connectivity index (χ0v) is 17.6. The predicted octanol–water partition coefficient (Wildman–Crippen LogP) is 5.39. The zero-order valence-electron chi connectivity index (χ0n) is 17.6. The Bertz CT molecular complexity index is 314. The third-order valence-corrected chi connectivity index (χ3v) is 4.75. The van der Waals surface area contributed by atoms with Gasteiger partial charge in [0.25, 0.3) is 0 Å². The van der Waals surface area contributed by atoms with Crippen molar-refractivity contribution in [2.45, 2.75) is 106 Å². The topological polar surface area (TPSA) is 49.7 Å². The molecule has 0 aromatic carbocycles. The zero-order chi connectivity index (χ0) is 19.0. The first-order chi connectivity index (χ1) is 10.9. The van der Waals surface area contributed by atoms with E-state index in [1.165, 1.54) is 19.3 Å². The van der Waals surface area contributed by atoms with E-state index in [9.17, 15) is 10.2 Å². The number of aliphatic hydroxyl groups excluding tert-OH is 2. The molecular formula is C21H44O3. The standard InChI is InChI=1S/C21H44O3/c1-9-10-11-16(2)14-17(22)12-13-24-19(23)18(21(6,7)8)15-20(3,4)5/h16-19,22-23H,9-15H2,1-8H3. The molecule has 4 atom stereocenters. The summed E-state index contributed by atoms with van der Waals surface area (Å²) in [6.07, 6.45) is 4.84. The van der Waals surface area contributed by atoms with E-state index in [-0.39, 0.29) is 22.9 Å². The van der Waals surface area contributed by atoms with E-state index < -0.39 is 6.29 Å². The lowest BCUT2D eigenvalue weighted by Gasteiger charge is -2.38. The van der Waals surface area contributed by atoms with Crippen LogP contribution in [0.25, 0.3) is 0 Å². The smallest absolute Gasteiger partial charge is 0.157 e. The highest BCUT2D eigenvalue weighted by Gasteiger charge is 2.35. The summed E-state index contributed by atoms with van der Waals surface area (Å²) in [5.74, 6) is 0.631. The van der Waals surface area contributed by atoms with Crippen molar-refractivity contribution in [3.8, 4) is 0 Å². The first-order valence-corrected chi connectivity index (χ1v) is 9.84. The Balaban J connectivity index is 4.31. The van der Waals surface area contributed by atoms with Gasteiger partial charge in [0, 0.05) is 5.92 Å². The Kier molecular flexibility index (Phi) is 10.7. The second-order valence-corrected chi connectivity index (χ2v) is 9.92. The van der Waals surface area contributed by atoms with Gasteiger partial charge in [-0.1, -0.05) is 74.7 Å². The van der Waals surface area contributed by atoms with Crippen LogP contribution in [0, 0.1) is 22.7 Å². The molecule has 0 aliphatic carbocycles. The van der Waals surface area contributed by atoms with Gasteiger partial charge in [-0.25, -0.2) is 0 Å². The van der Waals surface area contributed by atoms with Gasteiger partial charge >= 0.3 is 0 Å². The number of rotatable bonds is 11. The highest BCUT2D eigenvalue weighted by molar-refractivity contribution is 4.81. The molecule has 3 nitrogen and oxygen atoms in total. The number of hydrogen-bond acceptors (Lipinski definition) is 3. The summed E-state index contributed by atoms with van der Waals surface area (Å²) in [6.45, 7) is 17.9. The average molecular weight is 345 g/mol. The molecule has 0 saturated heterocycles. The molecule has 146 valence electrons. The molecule has 0 heterocycles. The lowest BCUT2D eigenvalue weighted by atomic mass is 9.72. The predicted molar refractivity (Wildman–Crippen MR) is 103 cm³/mol. The number of unbranched alkanes of at least 4 members (excludes halogenated alkanes) is 1. The molecule has 3 heteroatoms. The third-order valence-electron chi connectivity index (χ3n) is 4.75. The van der Waals surface area contributed by atoms with Crippen molar-refractivity contribution in [2.24, 2.45) is 22.7 Å². The van der Waals surface area contributed by atoms with Gasteiger partial charge in [-0.15, -0.1) is 0 Å². The van der Waals surface area contributed by atoms with E-state index in [2.05, 4.69) is 55.4 Å². The van der Waals surface area contributed by atoms with Crippen LogP contribution in [0.5, 0.6) is 0 Å². The van der Waals surface area contributed by atoms with E-state index in [1.54, 1.807) is 0 Å². The molecule has 0 amide bonds. The van der Waals surface area contributed by atoms with E-state index in [4.69, 9.17) is 4.74 Å². The van der Waals surface area contributed by atoms with Crippen molar-refractivity contribution < 1.29 is 14.9 Å². The summed E-state index contributed by atoms with van der Waals surface area (Å²) in [5, 5.41) is 20.7. The van der Waals surface area contributed by atoms with Crippen LogP contribution in [0.2, 0.25) is 0 Å². The van der Waals surface area contributed by atoms with E-state index in [0.717, 1.165) is 12.8 Å². The van der Waals surface area contributed by atoms with Crippen molar-refractivity contribution in [1.29, 1.82) is 0 Å². The summed E-state index contributed by atoms with van der Waals surface area (Å²) in [7, 11) is 0. The Hall–Kier alpha value is -0.120. The number of hydrogen-bond donors (Lipinski definition) is 2. The molecule has 0 bridgehead atoms. The van der Waals surface area contributed by atoms with Crippen molar-refractivity contribution in [2.75, 3.05) is 6.61 Å². The van der Waals surface area contributed by atoms with Crippen molar-refractivity contribution >= 4 is 0 Å². The van der Waals surface area contributed by atoms with E-state index in [0.29, 0.717) is 18.9 Å². The van der Waals surface area contributed by atoms with E-state index in [1.807, 2.05) is 0 Å². The maximum absolute atomic E-state index is 10.5. The number of aliphatic hydroxyl groups is 2. The molecule has 0 aliphatic rings. The molecule has 4 unspecified atom stereocenters. The Morgan fingerprint density at radius 1 is 0.958 bits per heavy atom. The SMILES string of the molecule is CCCCC(C)CC(O)CCOC(O)C(CC(C)(C)C)C(C)(C)C. The molecule has 2 N–H and O–H groups in total. The van der Waals surface area contributed by atoms with Crippen LogP contribution >= 0.6 is 0 Å². The summed E-state index contributed by atoms with van der Waals surface area (Å²) in [5.41, 5.74) is 0.135. The van der Waals surface area contributed by atoms with Crippen molar-refractivity contribution in [3.05, 3.63) is 0 Å². The summed E-state index contributed by atoms with van der Waals surface area (Å²) >= 11 is 0. The largest absolute Gasteiger partial charge is 0.393 e. The minimum absolute atomic E-state index is 0.0139. The van der Waals surface area contributed by atoms with Crippen LogP contribution in [0.15, 0.2) is 0 Å². The maximum atomic E-state index is 10.5. The molecule has 0 aliphatic heterocycles. The Morgan fingerprint density at radius 2 is 1.54 bits per heavy atom. The Morgan fingerprint density at radius 3 is 2.00 bits per heavy atom. The lowest BCUT2D eigenvalue weighted by Crippen LogP contribution is -2.37. The van der Waals surface area contributed by atoms with Crippen LogP contribution in [0.4, 0.5) is 0 Å². The van der Waals surface area contributed by atoms with Crippen LogP contribution in [-0.4, -0.2) is 29.2 Å². The molecule has 0 aromatic rings. The monoisotopic (exact) mass is 344 g/mol. The van der Waals surface area contributed by atoms with Crippen molar-refractivity contribution in [3.63, 3.8) is 0 Å². The molecule has 0 spiro atoms. The fourth-order valence-electron chi connectivity index (χ4n) is 3.19. The van der Waals surface area contributed by atoms with Crippen LogP contribution in [0.1, 0.15) is 93.9 Å². The molecule has 0 aromatic heterocycles. The highest BCUT2D eigenvalue weighted by Crippen LogP contribution is 2.38. The minimum Gasteiger partial charge on any atom is -0.393 e. The first kappa shape index (κ1) is 23.9. The van der Waals surface area contributed by atoms with Gasteiger partial charge in [0.15, 0.2) is 6.29 Å². The van der Waals surface area contributed by atoms with Gasteiger partial charge in [0.1, 0.15) is 0 Å². The van der Waals surface area contributed by atoms with Crippen LogP contribution in [-0.2, 0) is 4.74 Å². The lowest BCUT2D eigenvalue weighted by molar-refractivity contribution is -0.168. The van der Waals surface area contributed by atoms with Crippen molar-refractivity contribution in [1.82, 2.24) is 0 Å². The van der Waals surface area contributed by atoms with Gasteiger partial charge in [-0.2, -0.15) is 0 Å². The second-order valence-electron chi connectivity index (χ2n) is 9.92. The third kappa shape index (κ3) is 11.4. The molecule has 0 fully saturated rings. The first-order valence-electron chi connectivity index (χ1n) is 9.84. The summed E-state index contributed by atoms with van der Waals surface area (Å²) < 4.78 is 5.71. The summed E-state index contributed by atoms with van der Waals surface area (Å²) in [4.78, 5) is 0. The Labute approximate surface area is 151 Å². The van der Waals surface area contributed by atoms with Crippen LogP contribution in [0.3, 0.4) is 0 Å². The van der Waals surface area contributed by atoms with Gasteiger partial charge < -0.3 is 14.9 Å². The van der Waals surface area contributed by atoms with E-state index >= 15 is 0 Å². The maximum Gasteiger partial charge on any atom is 0.157 e. The second kappa shape index (κ2) is 10.8. The van der Waals surface area contributed by atoms with Crippen LogP contribution < -0.4 is 0 Å². The fourth-order valence-corrected chi connectivity index (χ4v) is 3.19. The normalized spacial score (nSPS) is 18.2. The molecule has 24 heavy (non-hydrogen) atoms. The average Bonchev–Trinajstić information content (AvgIpc) is 2.40. The van der Waals surface area contributed by atoms with Gasteiger partial charge in [-0.05, 0) is 36.0 Å². The summed E-state index contributed by atoms with van der Waals surface area (Å²) in [6, 6.07) is 0. The molecule has 0 radical (unpaired) electrons. The van der Waals surface area contributed by atoms with Gasteiger partial charge in [0.05, 0.1) is 12.7 Å². The van der Waals surface area contributed by atoms with Gasteiger partial charge in [0.2, 0.25) is 0 Å². The highest BCUT2D eigenvalue weighted by atomic mass is 16.6. The van der Waals surface area contributed by atoms with Gasteiger partial charge in [-0.3, -0.25) is 0 Å². The fraction of sp³-hybridized carbons (Fsp3) is 1.00. The quantitative estimate of drug-likeness (QED) is 0.494. The molecule has 0 saturated carbocycles. The molecular weight excluding hydrogens is 300 g/mol.